The lowest BCUT2D eigenvalue weighted by Gasteiger charge is -2.30. The third-order valence-electron chi connectivity index (χ3n) is 3.30. The van der Waals surface area contributed by atoms with Crippen LogP contribution in [0.5, 0.6) is 0 Å². The first-order chi connectivity index (χ1) is 9.66. The van der Waals surface area contributed by atoms with Gasteiger partial charge in [-0.05, 0) is 24.3 Å². The number of amides is 1. The van der Waals surface area contributed by atoms with Gasteiger partial charge in [0.15, 0.2) is 0 Å². The van der Waals surface area contributed by atoms with Crippen molar-refractivity contribution in [2.45, 2.75) is 6.54 Å². The first-order valence-electron chi connectivity index (χ1n) is 6.23. The van der Waals surface area contributed by atoms with Crippen LogP contribution in [-0.2, 0) is 11.3 Å². The Balaban J connectivity index is 2.00. The molecular weight excluding hydrogens is 279 g/mol. The third kappa shape index (κ3) is 2.23. The molecular formula is C15H12ClFN2O. The maximum atomic E-state index is 13.9. The molecule has 0 unspecified atom stereocenters. The van der Waals surface area contributed by atoms with E-state index >= 15 is 0 Å². The number of nitrogens with one attached hydrogen (secondary N) is 1. The highest BCUT2D eigenvalue weighted by atomic mass is 35.5. The molecule has 1 aliphatic rings. The highest BCUT2D eigenvalue weighted by molar-refractivity contribution is 6.31. The Morgan fingerprint density at radius 2 is 2.00 bits per heavy atom. The predicted molar refractivity (Wildman–Crippen MR) is 77.5 cm³/mol. The molecule has 1 amide bonds. The second-order valence-electron chi connectivity index (χ2n) is 4.55. The molecule has 1 N–H and O–H groups in total. The molecule has 0 spiro atoms. The van der Waals surface area contributed by atoms with Crippen LogP contribution in [0.25, 0.3) is 0 Å². The Bertz CT molecular complexity index is 654. The topological polar surface area (TPSA) is 32.3 Å². The summed E-state index contributed by atoms with van der Waals surface area (Å²) in [6, 6.07) is 12.0. The molecule has 0 aliphatic carbocycles. The fraction of sp³-hybridized carbons (Fsp3) is 0.133. The minimum atomic E-state index is -0.402. The van der Waals surface area contributed by atoms with E-state index in [-0.39, 0.29) is 19.0 Å². The fourth-order valence-corrected chi connectivity index (χ4v) is 2.50. The number of benzene rings is 2. The van der Waals surface area contributed by atoms with E-state index < -0.39 is 5.82 Å². The van der Waals surface area contributed by atoms with E-state index in [1.807, 2.05) is 24.3 Å². The van der Waals surface area contributed by atoms with Gasteiger partial charge in [-0.15, -0.1) is 0 Å². The molecule has 102 valence electrons. The van der Waals surface area contributed by atoms with Crippen LogP contribution in [0, 0.1) is 5.82 Å². The maximum absolute atomic E-state index is 13.9. The Labute approximate surface area is 121 Å². The SMILES string of the molecule is O=C1CNc2ccccc2N1Cc1c(F)cccc1Cl. The van der Waals surface area contributed by atoms with Crippen molar-refractivity contribution >= 4 is 28.9 Å². The van der Waals surface area contributed by atoms with Gasteiger partial charge in [0, 0.05) is 10.6 Å². The molecule has 2 aromatic rings. The largest absolute Gasteiger partial charge is 0.374 e. The Hall–Kier alpha value is -2.07. The first kappa shape index (κ1) is 12.9. The lowest BCUT2D eigenvalue weighted by molar-refractivity contribution is -0.117. The standard InChI is InChI=1S/C15H12ClFN2O/c16-11-4-3-5-12(17)10(11)9-19-14-7-2-1-6-13(14)18-8-15(19)20/h1-7,18H,8-9H2. The summed E-state index contributed by atoms with van der Waals surface area (Å²) in [5.41, 5.74) is 1.93. The zero-order valence-electron chi connectivity index (χ0n) is 10.6. The highest BCUT2D eigenvalue weighted by Crippen LogP contribution is 2.31. The molecule has 0 bridgehead atoms. The number of anilines is 2. The van der Waals surface area contributed by atoms with Crippen molar-refractivity contribution in [1.82, 2.24) is 0 Å². The highest BCUT2D eigenvalue weighted by Gasteiger charge is 2.25. The van der Waals surface area contributed by atoms with Crippen molar-refractivity contribution in [3.8, 4) is 0 Å². The van der Waals surface area contributed by atoms with Gasteiger partial charge in [0.05, 0.1) is 24.5 Å². The summed E-state index contributed by atoms with van der Waals surface area (Å²) in [6.45, 7) is 0.326. The van der Waals surface area contributed by atoms with Gasteiger partial charge in [-0.2, -0.15) is 0 Å². The van der Waals surface area contributed by atoms with Crippen molar-refractivity contribution in [3.05, 3.63) is 58.9 Å². The van der Waals surface area contributed by atoms with Gasteiger partial charge in [-0.3, -0.25) is 4.79 Å². The molecule has 0 fully saturated rings. The van der Waals surface area contributed by atoms with Gasteiger partial charge in [-0.25, -0.2) is 4.39 Å². The summed E-state index contributed by atoms with van der Waals surface area (Å²) in [4.78, 5) is 13.6. The molecule has 2 aromatic carbocycles. The van der Waals surface area contributed by atoms with Gasteiger partial charge >= 0.3 is 0 Å². The minimum Gasteiger partial charge on any atom is -0.374 e. The van der Waals surface area contributed by atoms with Crippen molar-refractivity contribution < 1.29 is 9.18 Å². The summed E-state index contributed by atoms with van der Waals surface area (Å²) < 4.78 is 13.9. The molecule has 3 nitrogen and oxygen atoms in total. The molecule has 20 heavy (non-hydrogen) atoms. The average Bonchev–Trinajstić information content (AvgIpc) is 2.45. The monoisotopic (exact) mass is 290 g/mol. The van der Waals surface area contributed by atoms with Crippen LogP contribution in [0.15, 0.2) is 42.5 Å². The van der Waals surface area contributed by atoms with Crippen LogP contribution < -0.4 is 10.2 Å². The van der Waals surface area contributed by atoms with Crippen LogP contribution in [-0.4, -0.2) is 12.5 Å². The van der Waals surface area contributed by atoms with Crippen LogP contribution in [0.4, 0.5) is 15.8 Å². The summed E-state index contributed by atoms with van der Waals surface area (Å²) in [5, 5.41) is 3.37. The molecule has 0 saturated carbocycles. The van der Waals surface area contributed by atoms with Crippen molar-refractivity contribution in [3.63, 3.8) is 0 Å². The van der Waals surface area contributed by atoms with Gasteiger partial charge in [-0.1, -0.05) is 29.8 Å². The van der Waals surface area contributed by atoms with E-state index in [0.29, 0.717) is 10.6 Å². The van der Waals surface area contributed by atoms with Crippen LogP contribution >= 0.6 is 11.6 Å². The van der Waals surface area contributed by atoms with E-state index in [4.69, 9.17) is 11.6 Å². The summed E-state index contributed by atoms with van der Waals surface area (Å²) in [6.07, 6.45) is 0. The quantitative estimate of drug-likeness (QED) is 0.919. The molecule has 0 radical (unpaired) electrons. The van der Waals surface area contributed by atoms with Gasteiger partial charge in [0.25, 0.3) is 0 Å². The second-order valence-corrected chi connectivity index (χ2v) is 4.96. The smallest absolute Gasteiger partial charge is 0.246 e. The number of carbonyl (C=O) groups excluding carboxylic acids is 1. The molecule has 5 heteroatoms. The van der Waals surface area contributed by atoms with E-state index in [1.54, 1.807) is 17.0 Å². The Morgan fingerprint density at radius 3 is 2.80 bits per heavy atom. The van der Waals surface area contributed by atoms with Crippen molar-refractivity contribution in [1.29, 1.82) is 0 Å². The number of hydrogen-bond acceptors (Lipinski definition) is 2. The number of para-hydroxylation sites is 2. The summed E-state index contributed by atoms with van der Waals surface area (Å²) >= 11 is 6.03. The number of carbonyl (C=O) groups is 1. The minimum absolute atomic E-state index is 0.108. The number of nitrogens with zero attached hydrogens (tertiary/aromatic N) is 1. The van der Waals surface area contributed by atoms with Gasteiger partial charge in [0.1, 0.15) is 5.82 Å². The molecule has 0 saturated heterocycles. The zero-order valence-corrected chi connectivity index (χ0v) is 11.3. The molecule has 3 rings (SSSR count). The number of rotatable bonds is 2. The fourth-order valence-electron chi connectivity index (χ4n) is 2.27. The Morgan fingerprint density at radius 1 is 1.20 bits per heavy atom. The second kappa shape index (κ2) is 5.13. The van der Waals surface area contributed by atoms with E-state index in [9.17, 15) is 9.18 Å². The third-order valence-corrected chi connectivity index (χ3v) is 3.66. The van der Waals surface area contributed by atoms with Gasteiger partial charge < -0.3 is 10.2 Å². The molecule has 0 atom stereocenters. The summed E-state index contributed by atoms with van der Waals surface area (Å²) in [5.74, 6) is -0.510. The maximum Gasteiger partial charge on any atom is 0.246 e. The zero-order chi connectivity index (χ0) is 14.1. The van der Waals surface area contributed by atoms with Crippen molar-refractivity contribution in [2.75, 3.05) is 16.8 Å². The molecule has 1 aliphatic heterocycles. The van der Waals surface area contributed by atoms with E-state index in [1.165, 1.54) is 6.07 Å². The molecule has 1 heterocycles. The lowest BCUT2D eigenvalue weighted by atomic mass is 10.1. The van der Waals surface area contributed by atoms with Crippen LogP contribution in [0.3, 0.4) is 0 Å². The van der Waals surface area contributed by atoms with Crippen LogP contribution in [0.1, 0.15) is 5.56 Å². The van der Waals surface area contributed by atoms with E-state index in [0.717, 1.165) is 11.4 Å². The number of hydrogen-bond donors (Lipinski definition) is 1. The Kier molecular flexibility index (Phi) is 3.32. The van der Waals surface area contributed by atoms with Gasteiger partial charge in [0.2, 0.25) is 5.91 Å². The van der Waals surface area contributed by atoms with E-state index in [2.05, 4.69) is 5.32 Å². The number of fused-ring (bicyclic) bond motifs is 1. The summed E-state index contributed by atoms with van der Waals surface area (Å²) in [7, 11) is 0. The predicted octanol–water partition coefficient (Wildman–Crippen LogP) is 3.44. The first-order valence-corrected chi connectivity index (χ1v) is 6.61. The van der Waals surface area contributed by atoms with Crippen molar-refractivity contribution in [2.24, 2.45) is 0 Å². The molecule has 0 aromatic heterocycles. The average molecular weight is 291 g/mol. The van der Waals surface area contributed by atoms with Crippen LogP contribution in [0.2, 0.25) is 5.02 Å². The number of halogens is 2. The lowest BCUT2D eigenvalue weighted by Crippen LogP contribution is -2.39. The normalized spacial score (nSPS) is 13.9.